The van der Waals surface area contributed by atoms with Gasteiger partial charge in [0.05, 0.1) is 0 Å². The number of hydrogen-bond donors (Lipinski definition) is 1. The van der Waals surface area contributed by atoms with E-state index < -0.39 is 0 Å². The van der Waals surface area contributed by atoms with Gasteiger partial charge in [-0.1, -0.05) is 20.8 Å². The van der Waals surface area contributed by atoms with Gasteiger partial charge in [0.2, 0.25) is 0 Å². The molecule has 14 heavy (non-hydrogen) atoms. The van der Waals surface area contributed by atoms with E-state index in [1.807, 2.05) is 0 Å². The van der Waals surface area contributed by atoms with Gasteiger partial charge in [-0.05, 0) is 38.8 Å². The lowest BCUT2D eigenvalue weighted by molar-refractivity contribution is 0.252. The second-order valence-electron chi connectivity index (χ2n) is 4.35. The lowest BCUT2D eigenvalue weighted by Gasteiger charge is -2.25. The number of nitrogens with zero attached hydrogens (tertiary/aromatic N) is 1. The number of rotatable bonds is 6. The summed E-state index contributed by atoms with van der Waals surface area (Å²) in [7, 11) is 0. The van der Waals surface area contributed by atoms with E-state index in [0.717, 1.165) is 12.1 Å². The zero-order valence-electron chi connectivity index (χ0n) is 10.1. The third kappa shape index (κ3) is 3.25. The summed E-state index contributed by atoms with van der Waals surface area (Å²) in [4.78, 5) is 2.61. The molecule has 0 bridgehead atoms. The van der Waals surface area contributed by atoms with Crippen LogP contribution in [0.3, 0.4) is 0 Å². The molecular formula is C12H26N2. The molecule has 2 heteroatoms. The van der Waals surface area contributed by atoms with Crippen LogP contribution in [-0.2, 0) is 0 Å². The molecule has 1 aliphatic heterocycles. The van der Waals surface area contributed by atoms with Crippen molar-refractivity contribution < 1.29 is 0 Å². The molecule has 1 N–H and O–H groups in total. The molecule has 1 saturated heterocycles. The van der Waals surface area contributed by atoms with Gasteiger partial charge >= 0.3 is 0 Å². The second kappa shape index (κ2) is 6.41. The molecule has 0 aliphatic carbocycles. The molecule has 1 aliphatic rings. The van der Waals surface area contributed by atoms with Crippen LogP contribution in [0.1, 0.15) is 46.5 Å². The average molecular weight is 198 g/mol. The minimum Gasteiger partial charge on any atom is -0.312 e. The molecule has 0 radical (unpaired) electrons. The Hall–Kier alpha value is -0.0800. The summed E-state index contributed by atoms with van der Waals surface area (Å²) in [6, 6.07) is 1.54. The van der Waals surface area contributed by atoms with Crippen LogP contribution in [0.5, 0.6) is 0 Å². The van der Waals surface area contributed by atoms with Gasteiger partial charge in [0.15, 0.2) is 0 Å². The zero-order chi connectivity index (χ0) is 10.4. The van der Waals surface area contributed by atoms with Gasteiger partial charge in [0.25, 0.3) is 0 Å². The van der Waals surface area contributed by atoms with Crippen molar-refractivity contribution in [2.24, 2.45) is 0 Å². The second-order valence-corrected chi connectivity index (χ2v) is 4.35. The van der Waals surface area contributed by atoms with Crippen LogP contribution >= 0.6 is 0 Å². The lowest BCUT2D eigenvalue weighted by atomic mass is 10.1. The highest BCUT2D eigenvalue weighted by Crippen LogP contribution is 2.15. The molecule has 2 nitrogen and oxygen atoms in total. The molecule has 1 rings (SSSR count). The van der Waals surface area contributed by atoms with Gasteiger partial charge < -0.3 is 5.32 Å². The van der Waals surface area contributed by atoms with E-state index in [2.05, 4.69) is 31.0 Å². The molecular weight excluding hydrogens is 172 g/mol. The molecule has 0 saturated carbocycles. The largest absolute Gasteiger partial charge is 0.312 e. The zero-order valence-corrected chi connectivity index (χ0v) is 10.1. The molecule has 1 atom stereocenters. The van der Waals surface area contributed by atoms with Crippen LogP contribution in [0.15, 0.2) is 0 Å². The Morgan fingerprint density at radius 1 is 1.29 bits per heavy atom. The first-order valence-electron chi connectivity index (χ1n) is 6.29. The van der Waals surface area contributed by atoms with E-state index in [0.29, 0.717) is 0 Å². The normalized spacial score (nSPS) is 23.6. The van der Waals surface area contributed by atoms with Gasteiger partial charge in [-0.15, -0.1) is 0 Å². The highest BCUT2D eigenvalue weighted by molar-refractivity contribution is 4.81. The summed E-state index contributed by atoms with van der Waals surface area (Å²) in [5.74, 6) is 0. The van der Waals surface area contributed by atoms with Crippen molar-refractivity contribution in [1.82, 2.24) is 10.2 Å². The molecule has 1 heterocycles. The minimum atomic E-state index is 0.731. The predicted molar refractivity (Wildman–Crippen MR) is 62.6 cm³/mol. The van der Waals surface area contributed by atoms with Crippen molar-refractivity contribution in [1.29, 1.82) is 0 Å². The highest BCUT2D eigenvalue weighted by Gasteiger charge is 2.22. The molecule has 0 amide bonds. The fraction of sp³-hybridized carbons (Fsp3) is 1.00. The van der Waals surface area contributed by atoms with Crippen LogP contribution in [0.2, 0.25) is 0 Å². The first-order valence-corrected chi connectivity index (χ1v) is 6.29. The van der Waals surface area contributed by atoms with Gasteiger partial charge in [-0.3, -0.25) is 4.90 Å². The van der Waals surface area contributed by atoms with Crippen LogP contribution < -0.4 is 5.32 Å². The Kier molecular flexibility index (Phi) is 5.49. The fourth-order valence-electron chi connectivity index (χ4n) is 2.42. The van der Waals surface area contributed by atoms with Gasteiger partial charge in [-0.25, -0.2) is 0 Å². The first kappa shape index (κ1) is 12.0. The van der Waals surface area contributed by atoms with E-state index in [9.17, 15) is 0 Å². The number of hydrogen-bond acceptors (Lipinski definition) is 2. The summed E-state index contributed by atoms with van der Waals surface area (Å²) in [6.07, 6.45) is 5.30. The summed E-state index contributed by atoms with van der Waals surface area (Å²) in [6.45, 7) is 10.5. The van der Waals surface area contributed by atoms with Crippen molar-refractivity contribution in [2.45, 2.75) is 58.5 Å². The molecule has 0 spiro atoms. The van der Waals surface area contributed by atoms with Gasteiger partial charge in [0, 0.05) is 18.6 Å². The Morgan fingerprint density at radius 3 is 2.57 bits per heavy atom. The quantitative estimate of drug-likeness (QED) is 0.704. The number of nitrogens with one attached hydrogen (secondary N) is 1. The van der Waals surface area contributed by atoms with Crippen LogP contribution in [0.4, 0.5) is 0 Å². The fourth-order valence-corrected chi connectivity index (χ4v) is 2.42. The monoisotopic (exact) mass is 198 g/mol. The SMILES string of the molecule is CCC(CC)NC[C@H]1CCCN1CC. The van der Waals surface area contributed by atoms with Crippen LogP contribution in [-0.4, -0.2) is 36.6 Å². The predicted octanol–water partition coefficient (Wildman–Crippen LogP) is 2.25. The third-order valence-electron chi connectivity index (χ3n) is 3.53. The molecule has 0 unspecified atom stereocenters. The van der Waals surface area contributed by atoms with Crippen molar-refractivity contribution >= 4 is 0 Å². The first-order chi connectivity index (χ1) is 6.81. The average Bonchev–Trinajstić information content (AvgIpc) is 2.67. The van der Waals surface area contributed by atoms with Crippen molar-refractivity contribution in [3.8, 4) is 0 Å². The lowest BCUT2D eigenvalue weighted by Crippen LogP contribution is -2.41. The molecule has 1 fully saturated rings. The van der Waals surface area contributed by atoms with E-state index in [1.165, 1.54) is 45.3 Å². The van der Waals surface area contributed by atoms with Crippen LogP contribution in [0.25, 0.3) is 0 Å². The van der Waals surface area contributed by atoms with E-state index >= 15 is 0 Å². The number of likely N-dealkylation sites (tertiary alicyclic amines) is 1. The summed E-state index contributed by atoms with van der Waals surface area (Å²) < 4.78 is 0. The highest BCUT2D eigenvalue weighted by atomic mass is 15.2. The Balaban J connectivity index is 2.22. The van der Waals surface area contributed by atoms with Crippen molar-refractivity contribution in [3.05, 3.63) is 0 Å². The maximum Gasteiger partial charge on any atom is 0.0221 e. The Labute approximate surface area is 89.1 Å². The maximum atomic E-state index is 3.68. The maximum absolute atomic E-state index is 3.68. The standard InChI is InChI=1S/C12H26N2/c1-4-11(5-2)13-10-12-8-7-9-14(12)6-3/h11-13H,4-10H2,1-3H3/t12-/m1/s1. The Morgan fingerprint density at radius 2 is 2.00 bits per heavy atom. The van der Waals surface area contributed by atoms with E-state index in [4.69, 9.17) is 0 Å². The van der Waals surface area contributed by atoms with Gasteiger partial charge in [0.1, 0.15) is 0 Å². The third-order valence-corrected chi connectivity index (χ3v) is 3.53. The Bertz CT molecular complexity index is 143. The molecule has 84 valence electrons. The summed E-state index contributed by atoms with van der Waals surface area (Å²) >= 11 is 0. The molecule has 0 aromatic rings. The number of likely N-dealkylation sites (N-methyl/N-ethyl adjacent to an activating group) is 1. The smallest absolute Gasteiger partial charge is 0.0221 e. The van der Waals surface area contributed by atoms with Crippen molar-refractivity contribution in [3.63, 3.8) is 0 Å². The van der Waals surface area contributed by atoms with Crippen molar-refractivity contribution in [2.75, 3.05) is 19.6 Å². The summed E-state index contributed by atoms with van der Waals surface area (Å²) in [5.41, 5.74) is 0. The van der Waals surface area contributed by atoms with Gasteiger partial charge in [-0.2, -0.15) is 0 Å². The topological polar surface area (TPSA) is 15.3 Å². The molecule has 0 aromatic heterocycles. The van der Waals surface area contributed by atoms with Crippen LogP contribution in [0, 0.1) is 0 Å². The van der Waals surface area contributed by atoms with E-state index in [1.54, 1.807) is 0 Å². The molecule has 0 aromatic carbocycles. The minimum absolute atomic E-state index is 0.731. The van der Waals surface area contributed by atoms with E-state index in [-0.39, 0.29) is 0 Å². The summed E-state index contributed by atoms with van der Waals surface area (Å²) in [5, 5.41) is 3.68.